The maximum atomic E-state index is 16.1. The average Bonchev–Trinajstić information content (AvgIpc) is 2.96. The highest BCUT2D eigenvalue weighted by molar-refractivity contribution is 5.90. The molecule has 5 heterocycles. The third-order valence-corrected chi connectivity index (χ3v) is 8.35. The number of halogens is 4. The van der Waals surface area contributed by atoms with Crippen LogP contribution in [0.5, 0.6) is 0 Å². The standard InChI is InChI=1S/C31H34F4N6O2/c1-16(2)25-27-19(9-11-36-25)8-10-31(34,35)15-43-23-7-5-6-21(32)24(23)26-22(33)12-20-28(39-30(42)41(27)29(20)38-26)40-14-17(3)37-13-18(40)4/h5-6,9,11-12,16-18,23,37H,7-8,10,13-15H2,1-4H3/t17-,18+,23?/m1/s1. The summed E-state index contributed by atoms with van der Waals surface area (Å²) < 4.78 is 68.8. The number of allylic oxidation sites excluding steroid dienone is 2. The first kappa shape index (κ1) is 29.4. The Labute approximate surface area is 246 Å². The van der Waals surface area contributed by atoms with Gasteiger partial charge in [0.15, 0.2) is 5.65 Å². The summed E-state index contributed by atoms with van der Waals surface area (Å²) in [4.78, 5) is 29.6. The van der Waals surface area contributed by atoms with Gasteiger partial charge in [0.25, 0.3) is 5.92 Å². The number of rotatable bonds is 2. The van der Waals surface area contributed by atoms with Gasteiger partial charge in [-0.15, -0.1) is 0 Å². The van der Waals surface area contributed by atoms with Crippen molar-refractivity contribution in [1.82, 2.24) is 24.8 Å². The Balaban J connectivity index is 1.74. The lowest BCUT2D eigenvalue weighted by Gasteiger charge is -2.38. The number of nitrogens with zero attached hydrogens (tertiary/aromatic N) is 5. The van der Waals surface area contributed by atoms with Crippen LogP contribution in [0.4, 0.5) is 23.4 Å². The summed E-state index contributed by atoms with van der Waals surface area (Å²) in [6, 6.07) is 2.80. The summed E-state index contributed by atoms with van der Waals surface area (Å²) in [5.74, 6) is -4.94. The van der Waals surface area contributed by atoms with E-state index in [0.29, 0.717) is 24.3 Å². The van der Waals surface area contributed by atoms with Crippen molar-refractivity contribution in [3.8, 4) is 5.69 Å². The van der Waals surface area contributed by atoms with E-state index >= 15 is 17.6 Å². The van der Waals surface area contributed by atoms with Crippen molar-refractivity contribution in [2.45, 2.75) is 77.0 Å². The Kier molecular flexibility index (Phi) is 7.62. The molecule has 3 atom stereocenters. The number of hydrogen-bond donors (Lipinski definition) is 1. The van der Waals surface area contributed by atoms with Gasteiger partial charge in [0, 0.05) is 43.4 Å². The van der Waals surface area contributed by atoms with E-state index in [0.717, 1.165) is 6.08 Å². The third kappa shape index (κ3) is 5.35. The number of anilines is 1. The molecule has 43 heavy (non-hydrogen) atoms. The molecule has 1 N–H and O–H groups in total. The summed E-state index contributed by atoms with van der Waals surface area (Å²) in [5.41, 5.74) is -0.138. The van der Waals surface area contributed by atoms with Crippen LogP contribution in [0.3, 0.4) is 0 Å². The highest BCUT2D eigenvalue weighted by Gasteiger charge is 2.36. The first-order valence-corrected chi connectivity index (χ1v) is 14.6. The molecule has 0 radical (unpaired) electrons. The molecule has 1 saturated heterocycles. The zero-order valence-electron chi connectivity index (χ0n) is 24.5. The molecule has 0 saturated carbocycles. The van der Waals surface area contributed by atoms with Crippen LogP contribution in [0.2, 0.25) is 0 Å². The van der Waals surface area contributed by atoms with Gasteiger partial charge >= 0.3 is 5.69 Å². The fourth-order valence-corrected chi connectivity index (χ4v) is 6.11. The van der Waals surface area contributed by atoms with E-state index in [1.165, 1.54) is 22.9 Å². The summed E-state index contributed by atoms with van der Waals surface area (Å²) in [7, 11) is 0. The van der Waals surface area contributed by atoms with Gasteiger partial charge in [0.05, 0.1) is 22.9 Å². The number of fused-ring (bicyclic) bond motifs is 5. The molecule has 1 aliphatic carbocycles. The molecule has 6 rings (SSSR count). The Morgan fingerprint density at radius 2 is 1.98 bits per heavy atom. The van der Waals surface area contributed by atoms with E-state index in [2.05, 4.69) is 20.3 Å². The van der Waals surface area contributed by atoms with Crippen LogP contribution in [0.15, 0.2) is 41.1 Å². The summed E-state index contributed by atoms with van der Waals surface area (Å²) in [5, 5.41) is 3.63. The number of piperazine rings is 1. The molecular formula is C31H34F4N6O2. The largest absolute Gasteiger partial charge is 0.367 e. The molecule has 2 aliphatic heterocycles. The van der Waals surface area contributed by atoms with Crippen molar-refractivity contribution in [2.24, 2.45) is 0 Å². The van der Waals surface area contributed by atoms with Gasteiger partial charge in [0.2, 0.25) is 0 Å². The summed E-state index contributed by atoms with van der Waals surface area (Å²) >= 11 is 0. The van der Waals surface area contributed by atoms with E-state index in [1.54, 1.807) is 6.07 Å². The van der Waals surface area contributed by atoms with Gasteiger partial charge in [0.1, 0.15) is 29.8 Å². The number of alkyl halides is 2. The molecule has 0 aromatic carbocycles. The van der Waals surface area contributed by atoms with E-state index in [1.807, 2.05) is 32.6 Å². The van der Waals surface area contributed by atoms with Crippen molar-refractivity contribution >= 4 is 22.4 Å². The quantitative estimate of drug-likeness (QED) is 0.405. The molecule has 2 bridgehead atoms. The van der Waals surface area contributed by atoms with E-state index in [4.69, 9.17) is 4.74 Å². The van der Waals surface area contributed by atoms with Gasteiger partial charge in [-0.1, -0.05) is 19.9 Å². The molecule has 0 spiro atoms. The van der Waals surface area contributed by atoms with Crippen LogP contribution in [-0.4, -0.2) is 63.3 Å². The van der Waals surface area contributed by atoms with E-state index < -0.39 is 48.1 Å². The van der Waals surface area contributed by atoms with Crippen LogP contribution in [-0.2, 0) is 11.2 Å². The lowest BCUT2D eigenvalue weighted by Crippen LogP contribution is -2.55. The Bertz CT molecular complexity index is 1700. The average molecular weight is 599 g/mol. The molecule has 12 heteroatoms. The van der Waals surface area contributed by atoms with Gasteiger partial charge in [-0.3, -0.25) is 4.98 Å². The predicted octanol–water partition coefficient (Wildman–Crippen LogP) is 5.23. The fraction of sp³-hybridized carbons (Fsp3) is 0.484. The molecule has 1 fully saturated rings. The maximum absolute atomic E-state index is 16.1. The Morgan fingerprint density at radius 1 is 1.19 bits per heavy atom. The maximum Gasteiger partial charge on any atom is 0.355 e. The van der Waals surface area contributed by atoms with Gasteiger partial charge in [-0.05, 0) is 56.4 Å². The van der Waals surface area contributed by atoms with Gasteiger partial charge < -0.3 is 15.0 Å². The van der Waals surface area contributed by atoms with Crippen LogP contribution >= 0.6 is 0 Å². The summed E-state index contributed by atoms with van der Waals surface area (Å²) in [6.07, 6.45) is 2.31. The molecule has 8 nitrogen and oxygen atoms in total. The monoisotopic (exact) mass is 598 g/mol. The zero-order valence-corrected chi connectivity index (χ0v) is 24.5. The van der Waals surface area contributed by atoms with Crippen molar-refractivity contribution in [3.05, 3.63) is 69.6 Å². The molecule has 0 amide bonds. The fourth-order valence-electron chi connectivity index (χ4n) is 6.11. The van der Waals surface area contributed by atoms with Crippen molar-refractivity contribution in [2.75, 3.05) is 24.6 Å². The second-order valence-electron chi connectivity index (χ2n) is 12.0. The number of aryl methyl sites for hydroxylation is 1. The van der Waals surface area contributed by atoms with Crippen molar-refractivity contribution in [3.63, 3.8) is 0 Å². The second kappa shape index (κ2) is 11.1. The van der Waals surface area contributed by atoms with Gasteiger partial charge in [-0.2, -0.15) is 4.98 Å². The molecule has 3 aliphatic rings. The van der Waals surface area contributed by atoms with Gasteiger partial charge in [-0.25, -0.2) is 31.9 Å². The Morgan fingerprint density at radius 3 is 2.74 bits per heavy atom. The number of nitrogens with one attached hydrogen (secondary N) is 1. The lowest BCUT2D eigenvalue weighted by atomic mass is 9.96. The number of aromatic nitrogens is 4. The lowest BCUT2D eigenvalue weighted by molar-refractivity contribution is -0.0925. The first-order chi connectivity index (χ1) is 20.4. The highest BCUT2D eigenvalue weighted by atomic mass is 19.3. The summed E-state index contributed by atoms with van der Waals surface area (Å²) in [6.45, 7) is 7.86. The van der Waals surface area contributed by atoms with Crippen LogP contribution in [0, 0.1) is 5.82 Å². The number of hydrogen-bond acceptors (Lipinski definition) is 7. The minimum absolute atomic E-state index is 0.0422. The molecule has 3 aromatic rings. The molecular weight excluding hydrogens is 564 g/mol. The SMILES string of the molecule is CC(C)c1nccc2c1-n1c(=O)nc(N3C[C@@H](C)NC[C@@H]3C)c3cc(F)c(nc31)C1=C(F)C=CCC1OCC(F)(F)CC2. The van der Waals surface area contributed by atoms with Crippen LogP contribution in [0.1, 0.15) is 63.4 Å². The first-order valence-electron chi connectivity index (χ1n) is 14.6. The topological polar surface area (TPSA) is 85.2 Å². The van der Waals surface area contributed by atoms with Crippen molar-refractivity contribution < 1.29 is 22.3 Å². The number of pyridine rings is 2. The van der Waals surface area contributed by atoms with Crippen LogP contribution < -0.4 is 15.9 Å². The van der Waals surface area contributed by atoms with E-state index in [9.17, 15) is 4.79 Å². The minimum Gasteiger partial charge on any atom is -0.367 e. The molecule has 3 aromatic heterocycles. The normalized spacial score (nSPS) is 24.0. The molecule has 1 unspecified atom stereocenters. The molecule has 228 valence electrons. The highest BCUT2D eigenvalue weighted by Crippen LogP contribution is 2.38. The second-order valence-corrected chi connectivity index (χ2v) is 12.0. The smallest absolute Gasteiger partial charge is 0.355 e. The van der Waals surface area contributed by atoms with E-state index in [-0.39, 0.29) is 59.0 Å². The minimum atomic E-state index is -3.28. The predicted molar refractivity (Wildman–Crippen MR) is 156 cm³/mol. The number of ether oxygens (including phenoxy) is 1. The van der Waals surface area contributed by atoms with Crippen LogP contribution in [0.25, 0.3) is 22.3 Å². The Hall–Kier alpha value is -3.64. The third-order valence-electron chi connectivity index (χ3n) is 8.35. The zero-order chi connectivity index (χ0) is 30.6. The van der Waals surface area contributed by atoms with Crippen molar-refractivity contribution in [1.29, 1.82) is 0 Å².